The van der Waals surface area contributed by atoms with Gasteiger partial charge in [-0.15, -0.1) is 12.6 Å². The number of nitrogens with one attached hydrogen (secondary N) is 1. The van der Waals surface area contributed by atoms with E-state index in [1.807, 2.05) is 0 Å². The number of amides is 1. The van der Waals surface area contributed by atoms with E-state index in [4.69, 9.17) is 23.2 Å². The summed E-state index contributed by atoms with van der Waals surface area (Å²) in [5.74, 6) is -0.442. The molecule has 0 aromatic heterocycles. The van der Waals surface area contributed by atoms with Crippen LogP contribution >= 0.6 is 35.8 Å². The molecule has 0 aliphatic rings. The van der Waals surface area contributed by atoms with Gasteiger partial charge in [-0.25, -0.2) is 0 Å². The summed E-state index contributed by atoms with van der Waals surface area (Å²) in [6.45, 7) is 0. The minimum absolute atomic E-state index is 0.442. The van der Waals surface area contributed by atoms with Crippen LogP contribution in [0.15, 0.2) is 29.2 Å². The van der Waals surface area contributed by atoms with Gasteiger partial charge in [0.05, 0.1) is 0 Å². The molecule has 0 aliphatic carbocycles. The zero-order chi connectivity index (χ0) is 9.84. The Kier molecular flexibility index (Phi) is 3.90. The van der Waals surface area contributed by atoms with Crippen LogP contribution in [0.25, 0.3) is 0 Å². The van der Waals surface area contributed by atoms with Crippen molar-refractivity contribution in [1.82, 2.24) is 0 Å². The van der Waals surface area contributed by atoms with Crippen LogP contribution in [0.3, 0.4) is 0 Å². The monoisotopic (exact) mass is 235 g/mol. The first-order valence-corrected chi connectivity index (χ1v) is 4.79. The summed E-state index contributed by atoms with van der Waals surface area (Å²) in [7, 11) is 0. The number of anilines is 1. The second kappa shape index (κ2) is 4.74. The summed E-state index contributed by atoms with van der Waals surface area (Å²) in [4.78, 5) is 10.7. The maximum atomic E-state index is 11.0. The van der Waals surface area contributed by atoms with Crippen molar-refractivity contribution >= 4 is 47.4 Å². The van der Waals surface area contributed by atoms with Crippen LogP contribution in [0.4, 0.5) is 5.69 Å². The van der Waals surface area contributed by atoms with Crippen LogP contribution in [-0.4, -0.2) is 10.7 Å². The Morgan fingerprint density at radius 1 is 1.46 bits per heavy atom. The molecule has 0 heterocycles. The average molecular weight is 236 g/mol. The van der Waals surface area contributed by atoms with E-state index in [0.717, 1.165) is 4.90 Å². The van der Waals surface area contributed by atoms with Gasteiger partial charge in [0.25, 0.3) is 5.91 Å². The normalized spacial score (nSPS) is 10.2. The molecule has 0 aliphatic heterocycles. The average Bonchev–Trinajstić information content (AvgIpc) is 2.04. The molecule has 70 valence electrons. The second-order valence-corrected chi connectivity index (χ2v) is 3.95. The van der Waals surface area contributed by atoms with Crippen molar-refractivity contribution in [3.63, 3.8) is 0 Å². The van der Waals surface area contributed by atoms with Crippen LogP contribution in [0.1, 0.15) is 0 Å². The van der Waals surface area contributed by atoms with Crippen molar-refractivity contribution in [1.29, 1.82) is 0 Å². The number of halogens is 2. The maximum Gasteiger partial charge on any atom is 0.257 e. The predicted molar refractivity (Wildman–Crippen MR) is 57.8 cm³/mol. The molecule has 1 N–H and O–H groups in total. The SMILES string of the molecule is O=C(Nc1cccc(S)c1)C(Cl)Cl. The number of hydrogen-bond donors (Lipinski definition) is 2. The molecule has 0 atom stereocenters. The third-order valence-corrected chi connectivity index (χ3v) is 1.99. The minimum atomic E-state index is -1.05. The molecule has 0 bridgehead atoms. The highest BCUT2D eigenvalue weighted by atomic mass is 35.5. The van der Waals surface area contributed by atoms with Gasteiger partial charge in [0.15, 0.2) is 4.84 Å². The first-order valence-electron chi connectivity index (χ1n) is 3.47. The van der Waals surface area contributed by atoms with Crippen molar-refractivity contribution in [2.45, 2.75) is 9.73 Å². The van der Waals surface area contributed by atoms with Crippen molar-refractivity contribution in [2.75, 3.05) is 5.32 Å². The van der Waals surface area contributed by atoms with E-state index in [1.165, 1.54) is 0 Å². The summed E-state index contributed by atoms with van der Waals surface area (Å²) in [5, 5.41) is 2.53. The quantitative estimate of drug-likeness (QED) is 0.600. The number of hydrogen-bond acceptors (Lipinski definition) is 2. The molecule has 1 aromatic carbocycles. The number of rotatable bonds is 2. The molecule has 0 saturated carbocycles. The number of alkyl halides is 2. The fourth-order valence-electron chi connectivity index (χ4n) is 0.780. The first kappa shape index (κ1) is 10.7. The van der Waals surface area contributed by atoms with Gasteiger partial charge in [-0.2, -0.15) is 0 Å². The predicted octanol–water partition coefficient (Wildman–Crippen LogP) is 2.72. The molecule has 0 radical (unpaired) electrons. The molecule has 2 nitrogen and oxygen atoms in total. The lowest BCUT2D eigenvalue weighted by molar-refractivity contribution is -0.114. The lowest BCUT2D eigenvalue weighted by Gasteiger charge is -2.05. The Hall–Kier alpha value is -0.380. The van der Waals surface area contributed by atoms with Gasteiger partial charge in [-0.05, 0) is 18.2 Å². The fourth-order valence-corrected chi connectivity index (χ4v) is 1.11. The van der Waals surface area contributed by atoms with Crippen LogP contribution in [0.2, 0.25) is 0 Å². The van der Waals surface area contributed by atoms with E-state index >= 15 is 0 Å². The van der Waals surface area contributed by atoms with Gasteiger partial charge in [0, 0.05) is 10.6 Å². The van der Waals surface area contributed by atoms with Crippen LogP contribution in [0.5, 0.6) is 0 Å². The topological polar surface area (TPSA) is 29.1 Å². The summed E-state index contributed by atoms with van der Waals surface area (Å²) in [5.41, 5.74) is 0.629. The molecule has 0 spiro atoms. The molecule has 1 rings (SSSR count). The molecule has 0 unspecified atom stereocenters. The van der Waals surface area contributed by atoms with Gasteiger partial charge < -0.3 is 5.32 Å². The first-order chi connectivity index (χ1) is 6.09. The van der Waals surface area contributed by atoms with E-state index in [0.29, 0.717) is 5.69 Å². The number of thiol groups is 1. The third kappa shape index (κ3) is 3.46. The van der Waals surface area contributed by atoms with E-state index in [-0.39, 0.29) is 0 Å². The molecule has 0 fully saturated rings. The Labute approximate surface area is 91.6 Å². The second-order valence-electron chi connectivity index (χ2n) is 2.34. The molecule has 1 amide bonds. The maximum absolute atomic E-state index is 11.0. The van der Waals surface area contributed by atoms with Gasteiger partial charge in [-0.3, -0.25) is 4.79 Å². The summed E-state index contributed by atoms with van der Waals surface area (Å²) < 4.78 is 0. The van der Waals surface area contributed by atoms with Crippen molar-refractivity contribution in [3.05, 3.63) is 24.3 Å². The smallest absolute Gasteiger partial charge is 0.257 e. The van der Waals surface area contributed by atoms with Gasteiger partial charge in [0.1, 0.15) is 0 Å². The highest BCUT2D eigenvalue weighted by molar-refractivity contribution is 7.80. The van der Waals surface area contributed by atoms with E-state index in [2.05, 4.69) is 17.9 Å². The lowest BCUT2D eigenvalue weighted by Crippen LogP contribution is -2.18. The molecule has 13 heavy (non-hydrogen) atoms. The lowest BCUT2D eigenvalue weighted by atomic mass is 10.3. The van der Waals surface area contributed by atoms with E-state index in [9.17, 15) is 4.79 Å². The third-order valence-electron chi connectivity index (χ3n) is 1.31. The zero-order valence-corrected chi connectivity index (χ0v) is 8.90. The Morgan fingerprint density at radius 2 is 2.15 bits per heavy atom. The van der Waals surface area contributed by atoms with Crippen LogP contribution in [0, 0.1) is 0 Å². The van der Waals surface area contributed by atoms with Gasteiger partial charge in [-0.1, -0.05) is 29.3 Å². The van der Waals surface area contributed by atoms with E-state index in [1.54, 1.807) is 24.3 Å². The standard InChI is InChI=1S/C8H7Cl2NOS/c9-7(10)8(12)11-5-2-1-3-6(13)4-5/h1-4,7,13H,(H,11,12). The van der Waals surface area contributed by atoms with Crippen molar-refractivity contribution in [2.24, 2.45) is 0 Å². The summed E-state index contributed by atoms with van der Waals surface area (Å²) in [6.07, 6.45) is 0. The van der Waals surface area contributed by atoms with Crippen LogP contribution < -0.4 is 5.32 Å². The Balaban J connectivity index is 2.69. The minimum Gasteiger partial charge on any atom is -0.324 e. The largest absolute Gasteiger partial charge is 0.324 e. The highest BCUT2D eigenvalue weighted by Crippen LogP contribution is 2.14. The molecule has 0 saturated heterocycles. The highest BCUT2D eigenvalue weighted by Gasteiger charge is 2.10. The number of carbonyl (C=O) groups is 1. The molecule has 1 aromatic rings. The molecular weight excluding hydrogens is 229 g/mol. The van der Waals surface area contributed by atoms with Crippen molar-refractivity contribution < 1.29 is 4.79 Å². The van der Waals surface area contributed by atoms with Crippen LogP contribution in [-0.2, 0) is 4.79 Å². The van der Waals surface area contributed by atoms with E-state index < -0.39 is 10.7 Å². The summed E-state index contributed by atoms with van der Waals surface area (Å²) in [6, 6.07) is 7.01. The van der Waals surface area contributed by atoms with Crippen molar-refractivity contribution in [3.8, 4) is 0 Å². The molecular formula is C8H7Cl2NOS. The number of carbonyl (C=O) groups excluding carboxylic acids is 1. The Bertz CT molecular complexity index is 317. The van der Waals surface area contributed by atoms with Gasteiger partial charge >= 0.3 is 0 Å². The molecule has 5 heteroatoms. The fraction of sp³-hybridized carbons (Fsp3) is 0.125. The number of benzene rings is 1. The zero-order valence-electron chi connectivity index (χ0n) is 6.50. The Morgan fingerprint density at radius 3 is 2.69 bits per heavy atom. The summed E-state index contributed by atoms with van der Waals surface area (Å²) >= 11 is 14.8. The van der Waals surface area contributed by atoms with Gasteiger partial charge in [0.2, 0.25) is 0 Å².